The zero-order chi connectivity index (χ0) is 19.1. The zero-order valence-corrected chi connectivity index (χ0v) is 15.1. The maximum absolute atomic E-state index is 13.0. The molecule has 3 N–H and O–H groups in total. The Balaban J connectivity index is 1.92. The van der Waals surface area contributed by atoms with Gasteiger partial charge in [-0.15, -0.1) is 0 Å². The van der Waals surface area contributed by atoms with Crippen molar-refractivity contribution < 1.29 is 18.7 Å². The monoisotopic (exact) mass is 379 g/mol. The molecule has 8 heteroatoms. The highest BCUT2D eigenvalue weighted by Gasteiger charge is 2.14. The fourth-order valence-electron chi connectivity index (χ4n) is 2.08. The molecular weight excluding hydrogens is 361 g/mol. The summed E-state index contributed by atoms with van der Waals surface area (Å²) in [6.07, 6.45) is -0.530. The summed E-state index contributed by atoms with van der Waals surface area (Å²) in [7, 11) is 0. The van der Waals surface area contributed by atoms with Gasteiger partial charge >= 0.3 is 6.09 Å². The van der Waals surface area contributed by atoms with E-state index in [1.807, 2.05) is 0 Å². The van der Waals surface area contributed by atoms with E-state index in [-0.39, 0.29) is 17.5 Å². The molecule has 0 saturated heterocycles. The van der Waals surface area contributed by atoms with E-state index in [0.717, 1.165) is 6.07 Å². The van der Waals surface area contributed by atoms with Crippen molar-refractivity contribution in [3.63, 3.8) is 0 Å². The maximum atomic E-state index is 13.0. The van der Waals surface area contributed by atoms with Crippen LogP contribution in [0.1, 0.15) is 13.8 Å². The molecule has 26 heavy (non-hydrogen) atoms. The summed E-state index contributed by atoms with van der Waals surface area (Å²) in [5.74, 6) is -0.803. The normalized spacial score (nSPS) is 11.4. The smallest absolute Gasteiger partial charge is 0.411 e. The molecular formula is C18H19ClFN3O3. The highest BCUT2D eigenvalue weighted by atomic mass is 35.5. The van der Waals surface area contributed by atoms with Gasteiger partial charge in [-0.2, -0.15) is 0 Å². The second-order valence-electron chi connectivity index (χ2n) is 5.40. The van der Waals surface area contributed by atoms with Crippen LogP contribution in [0.25, 0.3) is 0 Å². The van der Waals surface area contributed by atoms with Crippen molar-refractivity contribution in [1.29, 1.82) is 0 Å². The molecule has 0 radical (unpaired) electrons. The van der Waals surface area contributed by atoms with Crippen LogP contribution >= 0.6 is 11.6 Å². The van der Waals surface area contributed by atoms with E-state index in [2.05, 4.69) is 16.0 Å². The van der Waals surface area contributed by atoms with Gasteiger partial charge in [0.15, 0.2) is 0 Å². The predicted molar refractivity (Wildman–Crippen MR) is 100 cm³/mol. The molecule has 138 valence electrons. The maximum Gasteiger partial charge on any atom is 0.411 e. The Morgan fingerprint density at radius 3 is 2.38 bits per heavy atom. The van der Waals surface area contributed by atoms with Crippen LogP contribution in [0.4, 0.5) is 26.2 Å². The van der Waals surface area contributed by atoms with Crippen molar-refractivity contribution in [2.24, 2.45) is 0 Å². The highest BCUT2D eigenvalue weighted by Crippen LogP contribution is 2.23. The Labute approximate surface area is 155 Å². The van der Waals surface area contributed by atoms with Crippen LogP contribution in [0.15, 0.2) is 42.5 Å². The Morgan fingerprint density at radius 2 is 1.77 bits per heavy atom. The third kappa shape index (κ3) is 5.63. The lowest BCUT2D eigenvalue weighted by Gasteiger charge is -2.16. The number of nitrogens with one attached hydrogen (secondary N) is 3. The van der Waals surface area contributed by atoms with Gasteiger partial charge < -0.3 is 15.4 Å². The van der Waals surface area contributed by atoms with Gasteiger partial charge in [-0.3, -0.25) is 10.1 Å². The van der Waals surface area contributed by atoms with E-state index in [1.54, 1.807) is 38.1 Å². The van der Waals surface area contributed by atoms with Gasteiger partial charge in [-0.05, 0) is 56.3 Å². The number of carbonyl (C=O) groups is 2. The van der Waals surface area contributed by atoms with Crippen LogP contribution in [0.5, 0.6) is 0 Å². The summed E-state index contributed by atoms with van der Waals surface area (Å²) in [6.45, 7) is 3.69. The quantitative estimate of drug-likeness (QED) is 0.691. The molecule has 0 heterocycles. The molecule has 1 unspecified atom stereocenters. The molecule has 0 aliphatic heterocycles. The van der Waals surface area contributed by atoms with Gasteiger partial charge in [-0.25, -0.2) is 9.18 Å². The first-order chi connectivity index (χ1) is 12.4. The molecule has 0 bridgehead atoms. The number of amides is 2. The minimum absolute atomic E-state index is 0.125. The van der Waals surface area contributed by atoms with E-state index in [9.17, 15) is 14.0 Å². The average molecular weight is 380 g/mol. The Hall–Kier alpha value is -2.80. The van der Waals surface area contributed by atoms with Crippen molar-refractivity contribution in [3.8, 4) is 0 Å². The third-order valence-corrected chi connectivity index (χ3v) is 3.68. The van der Waals surface area contributed by atoms with Crippen molar-refractivity contribution in [1.82, 2.24) is 0 Å². The van der Waals surface area contributed by atoms with Gasteiger partial charge in [0.2, 0.25) is 5.91 Å². The molecule has 0 spiro atoms. The number of ether oxygens (including phenoxy) is 1. The van der Waals surface area contributed by atoms with E-state index in [1.165, 1.54) is 12.1 Å². The summed E-state index contributed by atoms with van der Waals surface area (Å²) in [4.78, 5) is 23.6. The number of halogens is 2. The third-order valence-electron chi connectivity index (χ3n) is 3.37. The topological polar surface area (TPSA) is 79.5 Å². The van der Waals surface area contributed by atoms with E-state index >= 15 is 0 Å². The lowest BCUT2D eigenvalue weighted by molar-refractivity contribution is -0.116. The first-order valence-corrected chi connectivity index (χ1v) is 8.33. The molecule has 0 aliphatic rings. The molecule has 0 saturated carbocycles. The fourth-order valence-corrected chi connectivity index (χ4v) is 2.30. The number of rotatable bonds is 6. The predicted octanol–water partition coefficient (Wildman–Crippen LogP) is 4.49. The molecule has 2 rings (SSSR count). The van der Waals surface area contributed by atoms with Gasteiger partial charge in [0.05, 0.1) is 17.3 Å². The molecule has 1 atom stereocenters. The van der Waals surface area contributed by atoms with Crippen LogP contribution in [0, 0.1) is 5.82 Å². The summed E-state index contributed by atoms with van der Waals surface area (Å²) >= 11 is 5.90. The van der Waals surface area contributed by atoms with Crippen LogP contribution < -0.4 is 16.0 Å². The summed E-state index contributed by atoms with van der Waals surface area (Å²) in [5, 5.41) is 8.36. The molecule has 0 aromatic heterocycles. The Morgan fingerprint density at radius 1 is 1.12 bits per heavy atom. The Bertz CT molecular complexity index is 784. The van der Waals surface area contributed by atoms with Crippen molar-refractivity contribution in [2.75, 3.05) is 22.6 Å². The van der Waals surface area contributed by atoms with Gasteiger partial charge in [0.25, 0.3) is 0 Å². The largest absolute Gasteiger partial charge is 0.450 e. The second kappa shape index (κ2) is 9.05. The second-order valence-corrected chi connectivity index (χ2v) is 5.81. The summed E-state index contributed by atoms with van der Waals surface area (Å²) in [6, 6.07) is 9.98. The highest BCUT2D eigenvalue weighted by molar-refractivity contribution is 6.33. The molecule has 0 fully saturated rings. The minimum Gasteiger partial charge on any atom is -0.450 e. The van der Waals surface area contributed by atoms with Crippen LogP contribution in [-0.2, 0) is 9.53 Å². The van der Waals surface area contributed by atoms with E-state index < -0.39 is 18.0 Å². The molecule has 2 aromatic carbocycles. The molecule has 6 nitrogen and oxygen atoms in total. The zero-order valence-electron chi connectivity index (χ0n) is 14.3. The van der Waals surface area contributed by atoms with Crippen molar-refractivity contribution in [2.45, 2.75) is 19.9 Å². The number of carbonyl (C=O) groups excluding carboxylic acids is 2. The number of anilines is 3. The van der Waals surface area contributed by atoms with Gasteiger partial charge in [0.1, 0.15) is 11.9 Å². The summed E-state index contributed by atoms with van der Waals surface area (Å²) < 4.78 is 17.8. The van der Waals surface area contributed by atoms with Gasteiger partial charge in [-0.1, -0.05) is 11.6 Å². The minimum atomic E-state index is -0.569. The van der Waals surface area contributed by atoms with Gasteiger partial charge in [0, 0.05) is 11.4 Å². The first kappa shape index (κ1) is 19.5. The van der Waals surface area contributed by atoms with Crippen molar-refractivity contribution in [3.05, 3.63) is 53.3 Å². The summed E-state index contributed by atoms with van der Waals surface area (Å²) in [5.41, 5.74) is 1.59. The standard InChI is InChI=1S/C18H19ClFN3O3/c1-3-26-18(25)22-14-7-5-13(6-8-14)21-11(2)17(24)23-16-9-4-12(20)10-15(16)19/h4-11,21H,3H2,1-2H3,(H,22,25)(H,23,24). The molecule has 0 aliphatic carbocycles. The fraction of sp³-hybridized carbons (Fsp3) is 0.222. The lowest BCUT2D eigenvalue weighted by atomic mass is 10.2. The van der Waals surface area contributed by atoms with Crippen LogP contribution in [0.3, 0.4) is 0 Å². The Kier molecular flexibility index (Phi) is 6.80. The van der Waals surface area contributed by atoms with Crippen LogP contribution in [-0.4, -0.2) is 24.6 Å². The number of hydrogen-bond donors (Lipinski definition) is 3. The van der Waals surface area contributed by atoms with Crippen LogP contribution in [0.2, 0.25) is 5.02 Å². The SMILES string of the molecule is CCOC(=O)Nc1ccc(NC(C)C(=O)Nc2ccc(F)cc2Cl)cc1. The number of hydrogen-bond acceptors (Lipinski definition) is 4. The number of benzene rings is 2. The van der Waals surface area contributed by atoms with E-state index in [4.69, 9.17) is 16.3 Å². The molecule has 2 amide bonds. The molecule has 2 aromatic rings. The average Bonchev–Trinajstić information content (AvgIpc) is 2.59. The lowest BCUT2D eigenvalue weighted by Crippen LogP contribution is -2.31. The first-order valence-electron chi connectivity index (χ1n) is 7.95. The van der Waals surface area contributed by atoms with E-state index in [0.29, 0.717) is 17.1 Å². The van der Waals surface area contributed by atoms with Crippen molar-refractivity contribution >= 4 is 40.7 Å².